The number of halogens is 1. The van der Waals surface area contributed by atoms with Gasteiger partial charge in [-0.05, 0) is 59.9 Å². The second kappa shape index (κ2) is 10.1. The van der Waals surface area contributed by atoms with Crippen LogP contribution >= 0.6 is 27.3 Å². The fourth-order valence-corrected chi connectivity index (χ4v) is 3.21. The molecule has 0 radical (unpaired) electrons. The largest absolute Gasteiger partial charge is 0.492 e. The van der Waals surface area contributed by atoms with Gasteiger partial charge >= 0.3 is 6.03 Å². The van der Waals surface area contributed by atoms with Crippen molar-refractivity contribution in [2.45, 2.75) is 6.54 Å². The molecule has 140 valence electrons. The lowest BCUT2D eigenvalue weighted by atomic mass is 10.2. The molecule has 7 nitrogen and oxygen atoms in total. The van der Waals surface area contributed by atoms with Gasteiger partial charge in [-0.1, -0.05) is 12.1 Å². The van der Waals surface area contributed by atoms with Crippen molar-refractivity contribution in [3.8, 4) is 5.75 Å². The molecule has 0 spiro atoms. The van der Waals surface area contributed by atoms with E-state index in [9.17, 15) is 9.59 Å². The van der Waals surface area contributed by atoms with E-state index in [-0.39, 0.29) is 5.91 Å². The fourth-order valence-electron chi connectivity index (χ4n) is 1.93. The van der Waals surface area contributed by atoms with Gasteiger partial charge in [0.15, 0.2) is 0 Å². The maximum atomic E-state index is 11.8. The second-order valence-electron chi connectivity index (χ2n) is 5.66. The Labute approximate surface area is 164 Å². The Morgan fingerprint density at radius 3 is 2.69 bits per heavy atom. The van der Waals surface area contributed by atoms with E-state index in [0.29, 0.717) is 18.0 Å². The van der Waals surface area contributed by atoms with Gasteiger partial charge < -0.3 is 15.0 Å². The highest BCUT2D eigenvalue weighted by atomic mass is 79.9. The molecule has 26 heavy (non-hydrogen) atoms. The van der Waals surface area contributed by atoms with Crippen LogP contribution in [-0.4, -0.2) is 44.1 Å². The monoisotopic (exact) mass is 440 g/mol. The number of nitrogens with one attached hydrogen (secondary N) is 3. The number of ether oxygens (including phenoxy) is 1. The summed E-state index contributed by atoms with van der Waals surface area (Å²) < 4.78 is 6.51. The minimum absolute atomic E-state index is 0.317. The minimum atomic E-state index is -0.493. The first-order chi connectivity index (χ1) is 12.4. The van der Waals surface area contributed by atoms with E-state index in [1.807, 2.05) is 43.3 Å². The molecule has 0 aliphatic carbocycles. The Morgan fingerprint density at radius 1 is 1.19 bits per heavy atom. The second-order valence-corrected chi connectivity index (χ2v) is 8.13. The molecule has 2 rings (SSSR count). The van der Waals surface area contributed by atoms with Crippen LogP contribution in [-0.2, 0) is 6.54 Å². The van der Waals surface area contributed by atoms with Crippen LogP contribution in [0.1, 0.15) is 15.2 Å². The molecule has 0 aliphatic heterocycles. The van der Waals surface area contributed by atoms with Crippen molar-refractivity contribution in [1.82, 2.24) is 21.1 Å². The number of hydrazine groups is 1. The molecule has 1 aromatic heterocycles. The van der Waals surface area contributed by atoms with Gasteiger partial charge in [-0.15, -0.1) is 11.3 Å². The summed E-state index contributed by atoms with van der Waals surface area (Å²) in [5.41, 5.74) is 5.58. The normalized spacial score (nSPS) is 10.5. The average Bonchev–Trinajstić information content (AvgIpc) is 3.04. The number of rotatable bonds is 7. The average molecular weight is 441 g/mol. The van der Waals surface area contributed by atoms with E-state index < -0.39 is 6.03 Å². The first kappa shape index (κ1) is 20.2. The SMILES string of the molecule is CN(C)CCOc1cccc(CNC(=O)NNC(=O)c2ccc(Br)s2)c1. The first-order valence-electron chi connectivity index (χ1n) is 7.90. The van der Waals surface area contributed by atoms with Crippen molar-refractivity contribution >= 4 is 39.2 Å². The summed E-state index contributed by atoms with van der Waals surface area (Å²) in [7, 11) is 3.97. The maximum absolute atomic E-state index is 11.8. The van der Waals surface area contributed by atoms with Crippen molar-refractivity contribution in [3.05, 3.63) is 50.6 Å². The maximum Gasteiger partial charge on any atom is 0.333 e. The van der Waals surface area contributed by atoms with Gasteiger partial charge in [-0.2, -0.15) is 0 Å². The topological polar surface area (TPSA) is 82.7 Å². The smallest absolute Gasteiger partial charge is 0.333 e. The highest BCUT2D eigenvalue weighted by Gasteiger charge is 2.09. The number of amides is 3. The van der Waals surface area contributed by atoms with E-state index in [4.69, 9.17) is 4.74 Å². The molecule has 1 heterocycles. The Hall–Kier alpha value is -2.10. The number of thiophene rings is 1. The molecule has 1 aromatic carbocycles. The zero-order chi connectivity index (χ0) is 18.9. The first-order valence-corrected chi connectivity index (χ1v) is 9.51. The predicted octanol–water partition coefficient (Wildman–Crippen LogP) is 2.60. The predicted molar refractivity (Wildman–Crippen MR) is 105 cm³/mol. The minimum Gasteiger partial charge on any atom is -0.492 e. The summed E-state index contributed by atoms with van der Waals surface area (Å²) in [4.78, 5) is 26.2. The molecular formula is C17H21BrN4O3S. The van der Waals surface area contributed by atoms with E-state index in [0.717, 1.165) is 21.6 Å². The molecule has 9 heteroatoms. The molecule has 0 atom stereocenters. The van der Waals surface area contributed by atoms with Crippen molar-refractivity contribution in [2.75, 3.05) is 27.2 Å². The highest BCUT2D eigenvalue weighted by Crippen LogP contribution is 2.21. The van der Waals surface area contributed by atoms with Gasteiger partial charge in [0.2, 0.25) is 0 Å². The van der Waals surface area contributed by atoms with Gasteiger partial charge in [0.25, 0.3) is 5.91 Å². The van der Waals surface area contributed by atoms with Gasteiger partial charge in [-0.25, -0.2) is 10.2 Å². The van der Waals surface area contributed by atoms with Crippen LogP contribution in [0.25, 0.3) is 0 Å². The summed E-state index contributed by atoms with van der Waals surface area (Å²) >= 11 is 4.57. The van der Waals surface area contributed by atoms with Gasteiger partial charge in [0.1, 0.15) is 12.4 Å². The third-order valence-corrected chi connectivity index (χ3v) is 4.87. The lowest BCUT2D eigenvalue weighted by Gasteiger charge is -2.12. The Kier molecular flexibility index (Phi) is 7.89. The molecular weight excluding hydrogens is 420 g/mol. The Balaban J connectivity index is 1.73. The number of nitrogens with zero attached hydrogens (tertiary/aromatic N) is 1. The number of carbonyl (C=O) groups excluding carboxylic acids is 2. The summed E-state index contributed by atoms with van der Waals surface area (Å²) in [6, 6.07) is 10.5. The molecule has 0 saturated heterocycles. The third-order valence-electron chi connectivity index (χ3n) is 3.25. The molecule has 0 unspecified atom stereocenters. The number of hydrogen-bond acceptors (Lipinski definition) is 5. The molecule has 3 N–H and O–H groups in total. The lowest BCUT2D eigenvalue weighted by molar-refractivity contribution is 0.0940. The van der Waals surface area contributed by atoms with E-state index >= 15 is 0 Å². The summed E-state index contributed by atoms with van der Waals surface area (Å²) in [6.07, 6.45) is 0. The highest BCUT2D eigenvalue weighted by molar-refractivity contribution is 9.11. The molecule has 0 saturated carbocycles. The Morgan fingerprint density at radius 2 is 2.00 bits per heavy atom. The summed E-state index contributed by atoms with van der Waals surface area (Å²) in [5.74, 6) is 0.385. The van der Waals surface area contributed by atoms with E-state index in [1.54, 1.807) is 12.1 Å². The van der Waals surface area contributed by atoms with E-state index in [1.165, 1.54) is 11.3 Å². The van der Waals surface area contributed by atoms with Crippen molar-refractivity contribution < 1.29 is 14.3 Å². The molecule has 0 fully saturated rings. The summed E-state index contributed by atoms with van der Waals surface area (Å²) in [6.45, 7) is 1.73. The van der Waals surface area contributed by atoms with Gasteiger partial charge in [0.05, 0.1) is 8.66 Å². The summed E-state index contributed by atoms with van der Waals surface area (Å²) in [5, 5.41) is 2.68. The van der Waals surface area contributed by atoms with Crippen LogP contribution in [0.15, 0.2) is 40.2 Å². The number of urea groups is 1. The number of hydrogen-bond donors (Lipinski definition) is 3. The molecule has 0 aliphatic rings. The van der Waals surface area contributed by atoms with Crippen LogP contribution in [0.5, 0.6) is 5.75 Å². The number of likely N-dealkylation sites (N-methyl/N-ethyl adjacent to an activating group) is 1. The molecule has 2 aromatic rings. The van der Waals surface area contributed by atoms with Crippen LogP contribution < -0.4 is 20.9 Å². The van der Waals surface area contributed by atoms with Gasteiger partial charge in [-0.3, -0.25) is 10.2 Å². The van der Waals surface area contributed by atoms with Crippen LogP contribution in [0, 0.1) is 0 Å². The zero-order valence-electron chi connectivity index (χ0n) is 14.5. The zero-order valence-corrected chi connectivity index (χ0v) is 16.9. The van der Waals surface area contributed by atoms with Crippen LogP contribution in [0.2, 0.25) is 0 Å². The van der Waals surface area contributed by atoms with Crippen LogP contribution in [0.4, 0.5) is 4.79 Å². The quantitative estimate of drug-likeness (QED) is 0.577. The number of carbonyl (C=O) groups is 2. The van der Waals surface area contributed by atoms with E-state index in [2.05, 4.69) is 32.1 Å². The van der Waals surface area contributed by atoms with Crippen molar-refractivity contribution in [2.24, 2.45) is 0 Å². The van der Waals surface area contributed by atoms with Gasteiger partial charge in [0, 0.05) is 13.1 Å². The standard InChI is InChI=1S/C17H21BrN4O3S/c1-22(2)8-9-25-13-5-3-4-12(10-13)11-19-17(24)21-20-16(23)14-6-7-15(18)26-14/h3-7,10H,8-9,11H2,1-2H3,(H,20,23)(H2,19,21,24). The Bertz CT molecular complexity index is 751. The third kappa shape index (κ3) is 7.03. The molecule has 0 bridgehead atoms. The lowest BCUT2D eigenvalue weighted by Crippen LogP contribution is -2.46. The van der Waals surface area contributed by atoms with Crippen molar-refractivity contribution in [1.29, 1.82) is 0 Å². The number of benzene rings is 1. The fraction of sp³-hybridized carbons (Fsp3) is 0.294. The van der Waals surface area contributed by atoms with Crippen LogP contribution in [0.3, 0.4) is 0 Å². The molecule has 3 amide bonds. The van der Waals surface area contributed by atoms with Crippen molar-refractivity contribution in [3.63, 3.8) is 0 Å².